The molecule has 3 N–H and O–H groups in total. The Labute approximate surface area is 108 Å². The van der Waals surface area contributed by atoms with E-state index in [1.54, 1.807) is 4.68 Å². The number of nitrogens with zero attached hydrogens (tertiary/aromatic N) is 2. The molecule has 18 heavy (non-hydrogen) atoms. The van der Waals surface area contributed by atoms with Gasteiger partial charge in [-0.1, -0.05) is 37.3 Å². The van der Waals surface area contributed by atoms with Gasteiger partial charge in [-0.3, -0.25) is 4.68 Å². The average molecular weight is 244 g/mol. The lowest BCUT2D eigenvalue weighted by Crippen LogP contribution is -2.07. The van der Waals surface area contributed by atoms with E-state index in [0.717, 1.165) is 18.8 Å². The molecule has 0 radical (unpaired) electrons. The predicted octanol–water partition coefficient (Wildman–Crippen LogP) is 2.61. The van der Waals surface area contributed by atoms with E-state index in [0.29, 0.717) is 11.6 Å². The highest BCUT2D eigenvalue weighted by Gasteiger charge is 2.06. The smallest absolute Gasteiger partial charge is 0.171 e. The van der Waals surface area contributed by atoms with Crippen LogP contribution in [0.2, 0.25) is 0 Å². The third kappa shape index (κ3) is 3.03. The van der Waals surface area contributed by atoms with Crippen molar-refractivity contribution in [2.75, 3.05) is 17.6 Å². The van der Waals surface area contributed by atoms with E-state index in [1.165, 1.54) is 5.56 Å². The van der Waals surface area contributed by atoms with Crippen LogP contribution in [-0.2, 0) is 7.05 Å². The van der Waals surface area contributed by atoms with Crippen LogP contribution < -0.4 is 11.1 Å². The van der Waals surface area contributed by atoms with Crippen LogP contribution in [0, 0.1) is 0 Å². The lowest BCUT2D eigenvalue weighted by molar-refractivity contribution is 0.701. The topological polar surface area (TPSA) is 55.9 Å². The Bertz CT molecular complexity index is 490. The largest absolute Gasteiger partial charge is 0.394 e. The zero-order valence-corrected chi connectivity index (χ0v) is 10.9. The second kappa shape index (κ2) is 5.58. The average Bonchev–Trinajstić information content (AvgIpc) is 2.69. The van der Waals surface area contributed by atoms with Crippen LogP contribution in [-0.4, -0.2) is 16.3 Å². The fourth-order valence-electron chi connectivity index (χ4n) is 2.00. The molecule has 0 aliphatic rings. The van der Waals surface area contributed by atoms with Gasteiger partial charge in [0.1, 0.15) is 0 Å². The summed E-state index contributed by atoms with van der Waals surface area (Å²) in [5, 5.41) is 7.54. The van der Waals surface area contributed by atoms with Crippen LogP contribution in [0.15, 0.2) is 36.5 Å². The van der Waals surface area contributed by atoms with Crippen molar-refractivity contribution in [2.45, 2.75) is 19.3 Å². The van der Waals surface area contributed by atoms with Gasteiger partial charge in [-0.2, -0.15) is 5.10 Å². The summed E-state index contributed by atoms with van der Waals surface area (Å²) in [6.45, 7) is 3.11. The molecule has 2 aromatic rings. The highest BCUT2D eigenvalue weighted by Crippen LogP contribution is 2.19. The predicted molar refractivity (Wildman–Crippen MR) is 75.6 cm³/mol. The molecule has 0 spiro atoms. The molecule has 2 rings (SSSR count). The van der Waals surface area contributed by atoms with E-state index < -0.39 is 0 Å². The molecule has 1 unspecified atom stereocenters. The van der Waals surface area contributed by atoms with E-state index in [1.807, 2.05) is 19.3 Å². The standard InChI is InChI=1S/C14H20N4/c1-11(12-6-4-3-5-7-12)8-9-16-14-13(15)10-18(2)17-14/h3-7,10-11H,8-9,15H2,1-2H3,(H,16,17). The number of benzene rings is 1. The minimum atomic E-state index is 0.531. The molecule has 4 nitrogen and oxygen atoms in total. The summed E-state index contributed by atoms with van der Waals surface area (Å²) in [6, 6.07) is 10.5. The molecule has 0 aliphatic heterocycles. The van der Waals surface area contributed by atoms with E-state index in [-0.39, 0.29) is 0 Å². The Morgan fingerprint density at radius 2 is 2.06 bits per heavy atom. The molecule has 0 saturated heterocycles. The number of rotatable bonds is 5. The summed E-state index contributed by atoms with van der Waals surface area (Å²) in [5.41, 5.74) is 7.89. The van der Waals surface area contributed by atoms with Gasteiger partial charge in [0.05, 0.1) is 5.69 Å². The maximum absolute atomic E-state index is 5.82. The molecule has 0 bridgehead atoms. The lowest BCUT2D eigenvalue weighted by Gasteiger charge is -2.12. The number of nitrogen functional groups attached to an aromatic ring is 1. The van der Waals surface area contributed by atoms with Crippen molar-refractivity contribution in [3.05, 3.63) is 42.1 Å². The molecule has 96 valence electrons. The minimum Gasteiger partial charge on any atom is -0.394 e. The Kier molecular flexibility index (Phi) is 3.87. The molecule has 0 saturated carbocycles. The quantitative estimate of drug-likeness (QED) is 0.850. The maximum Gasteiger partial charge on any atom is 0.171 e. The van der Waals surface area contributed by atoms with Crippen molar-refractivity contribution in [3.8, 4) is 0 Å². The molecule has 0 amide bonds. The van der Waals surface area contributed by atoms with Crippen molar-refractivity contribution in [1.29, 1.82) is 0 Å². The second-order valence-electron chi connectivity index (χ2n) is 4.63. The van der Waals surface area contributed by atoms with E-state index in [9.17, 15) is 0 Å². The fraction of sp³-hybridized carbons (Fsp3) is 0.357. The van der Waals surface area contributed by atoms with E-state index in [4.69, 9.17) is 5.73 Å². The first-order chi connectivity index (χ1) is 8.66. The van der Waals surface area contributed by atoms with Crippen LogP contribution in [0.4, 0.5) is 11.5 Å². The fourth-order valence-corrected chi connectivity index (χ4v) is 2.00. The minimum absolute atomic E-state index is 0.531. The summed E-state index contributed by atoms with van der Waals surface area (Å²) in [4.78, 5) is 0. The molecule has 1 heterocycles. The van der Waals surface area contributed by atoms with Gasteiger partial charge in [0.15, 0.2) is 5.82 Å². The monoisotopic (exact) mass is 244 g/mol. The van der Waals surface area contributed by atoms with Gasteiger partial charge < -0.3 is 11.1 Å². The van der Waals surface area contributed by atoms with Gasteiger partial charge >= 0.3 is 0 Å². The first-order valence-corrected chi connectivity index (χ1v) is 6.24. The van der Waals surface area contributed by atoms with Crippen molar-refractivity contribution < 1.29 is 0 Å². The lowest BCUT2D eigenvalue weighted by atomic mass is 9.98. The molecule has 0 fully saturated rings. The number of hydrogen-bond acceptors (Lipinski definition) is 3. The summed E-state index contributed by atoms with van der Waals surface area (Å²) in [7, 11) is 1.87. The van der Waals surface area contributed by atoms with Gasteiger partial charge in [0.2, 0.25) is 0 Å². The summed E-state index contributed by atoms with van der Waals surface area (Å²) >= 11 is 0. The molecule has 1 aromatic heterocycles. The van der Waals surface area contributed by atoms with E-state index >= 15 is 0 Å². The summed E-state index contributed by atoms with van der Waals surface area (Å²) in [6.07, 6.45) is 2.86. The van der Waals surface area contributed by atoms with Gasteiger partial charge in [0, 0.05) is 19.8 Å². The van der Waals surface area contributed by atoms with Gasteiger partial charge in [0.25, 0.3) is 0 Å². The molecule has 4 heteroatoms. The number of nitrogens with two attached hydrogens (primary N) is 1. The van der Waals surface area contributed by atoms with Gasteiger partial charge in [-0.15, -0.1) is 0 Å². The summed E-state index contributed by atoms with van der Waals surface area (Å²) in [5.74, 6) is 1.31. The number of nitrogens with one attached hydrogen (secondary N) is 1. The Morgan fingerprint density at radius 3 is 2.67 bits per heavy atom. The highest BCUT2D eigenvalue weighted by atomic mass is 15.3. The highest BCUT2D eigenvalue weighted by molar-refractivity contribution is 5.59. The van der Waals surface area contributed by atoms with Crippen LogP contribution in [0.5, 0.6) is 0 Å². The van der Waals surface area contributed by atoms with Crippen molar-refractivity contribution in [2.24, 2.45) is 7.05 Å². The number of hydrogen-bond donors (Lipinski definition) is 2. The first-order valence-electron chi connectivity index (χ1n) is 6.24. The Hall–Kier alpha value is -1.97. The third-order valence-electron chi connectivity index (χ3n) is 3.10. The van der Waals surface area contributed by atoms with Gasteiger partial charge in [-0.05, 0) is 17.9 Å². The van der Waals surface area contributed by atoms with Crippen molar-refractivity contribution in [1.82, 2.24) is 9.78 Å². The molecular weight excluding hydrogens is 224 g/mol. The number of anilines is 2. The SMILES string of the molecule is CC(CCNc1nn(C)cc1N)c1ccccc1. The zero-order valence-electron chi connectivity index (χ0n) is 10.9. The van der Waals surface area contributed by atoms with Gasteiger partial charge in [-0.25, -0.2) is 0 Å². The van der Waals surface area contributed by atoms with Crippen LogP contribution in [0.25, 0.3) is 0 Å². The molecular formula is C14H20N4. The second-order valence-corrected chi connectivity index (χ2v) is 4.63. The summed E-state index contributed by atoms with van der Waals surface area (Å²) < 4.78 is 1.72. The number of aryl methyl sites for hydroxylation is 1. The molecule has 1 aromatic carbocycles. The van der Waals surface area contributed by atoms with Crippen molar-refractivity contribution >= 4 is 11.5 Å². The Morgan fingerprint density at radius 1 is 1.33 bits per heavy atom. The number of aromatic nitrogens is 2. The van der Waals surface area contributed by atoms with Crippen LogP contribution in [0.1, 0.15) is 24.8 Å². The third-order valence-corrected chi connectivity index (χ3v) is 3.10. The van der Waals surface area contributed by atoms with Crippen LogP contribution in [0.3, 0.4) is 0 Å². The Balaban J connectivity index is 1.84. The maximum atomic E-state index is 5.82. The van der Waals surface area contributed by atoms with E-state index in [2.05, 4.69) is 41.6 Å². The van der Waals surface area contributed by atoms with Crippen molar-refractivity contribution in [3.63, 3.8) is 0 Å². The molecule has 1 atom stereocenters. The zero-order chi connectivity index (χ0) is 13.0. The first kappa shape index (κ1) is 12.5. The van der Waals surface area contributed by atoms with Crippen LogP contribution >= 0.6 is 0 Å². The molecule has 0 aliphatic carbocycles. The normalized spacial score (nSPS) is 12.3.